The van der Waals surface area contributed by atoms with Crippen LogP contribution in [0.4, 0.5) is 10.3 Å². The molecular formula is C22H22ClFN4O3. The van der Waals surface area contributed by atoms with Crippen LogP contribution in [-0.2, 0) is 4.74 Å². The molecule has 3 aromatic rings. The van der Waals surface area contributed by atoms with Crippen molar-refractivity contribution in [2.24, 2.45) is 0 Å². The van der Waals surface area contributed by atoms with Gasteiger partial charge in [0.2, 0.25) is 5.95 Å². The Hall–Kier alpha value is -2.97. The van der Waals surface area contributed by atoms with E-state index >= 15 is 0 Å². The molecule has 0 unspecified atom stereocenters. The van der Waals surface area contributed by atoms with E-state index in [9.17, 15) is 14.0 Å². The Morgan fingerprint density at radius 3 is 2.55 bits per heavy atom. The topological polar surface area (TPSA) is 67.7 Å². The minimum atomic E-state index is -0.562. The van der Waals surface area contributed by atoms with E-state index in [1.807, 2.05) is 4.90 Å². The van der Waals surface area contributed by atoms with Gasteiger partial charge in [-0.25, -0.2) is 18.7 Å². The average Bonchev–Trinajstić information content (AvgIpc) is 2.80. The van der Waals surface area contributed by atoms with E-state index in [1.54, 1.807) is 12.1 Å². The molecule has 1 aliphatic rings. The third-order valence-corrected chi connectivity index (χ3v) is 5.83. The number of methoxy groups -OCH3 is 1. The van der Waals surface area contributed by atoms with Crippen LogP contribution in [0.2, 0.25) is 5.02 Å². The first-order chi connectivity index (χ1) is 14.9. The van der Waals surface area contributed by atoms with Crippen LogP contribution in [0.1, 0.15) is 17.3 Å². The maximum absolute atomic E-state index is 13.8. The summed E-state index contributed by atoms with van der Waals surface area (Å²) >= 11 is 6.00. The second-order valence-electron chi connectivity index (χ2n) is 7.30. The number of esters is 1. The Morgan fingerprint density at radius 1 is 1.16 bits per heavy atom. The standard InChI is InChI=1S/C22H22ClFN4O3/c1-3-26-8-10-27(11-9-26)22-25-19-12-14(21(30)31-2)4-6-16(19)20(29)28(22)15-5-7-18(24)17(23)13-15/h4-7,12-13H,3,8-11H2,1-2H3. The number of benzene rings is 2. The Kier molecular flexibility index (Phi) is 5.93. The second kappa shape index (κ2) is 8.64. The van der Waals surface area contributed by atoms with Crippen molar-refractivity contribution in [3.63, 3.8) is 0 Å². The van der Waals surface area contributed by atoms with Crippen molar-refractivity contribution in [1.29, 1.82) is 0 Å². The van der Waals surface area contributed by atoms with Crippen molar-refractivity contribution in [2.75, 3.05) is 44.7 Å². The molecule has 2 heterocycles. The number of rotatable bonds is 4. The van der Waals surface area contributed by atoms with Crippen LogP contribution in [0, 0.1) is 5.82 Å². The molecule has 2 aromatic carbocycles. The number of hydrogen-bond donors (Lipinski definition) is 0. The lowest BCUT2D eigenvalue weighted by atomic mass is 10.1. The number of carbonyl (C=O) groups excluding carboxylic acids is 1. The fourth-order valence-corrected chi connectivity index (χ4v) is 3.93. The van der Waals surface area contributed by atoms with E-state index < -0.39 is 11.8 Å². The van der Waals surface area contributed by atoms with E-state index in [4.69, 9.17) is 21.3 Å². The first-order valence-corrected chi connectivity index (χ1v) is 10.4. The highest BCUT2D eigenvalue weighted by molar-refractivity contribution is 6.30. The summed E-state index contributed by atoms with van der Waals surface area (Å²) < 4.78 is 20.0. The molecule has 162 valence electrons. The van der Waals surface area contributed by atoms with E-state index in [0.717, 1.165) is 19.6 Å². The molecule has 1 fully saturated rings. The molecule has 7 nitrogen and oxygen atoms in total. The third-order valence-electron chi connectivity index (χ3n) is 5.54. The first-order valence-electron chi connectivity index (χ1n) is 10.0. The van der Waals surface area contributed by atoms with Crippen LogP contribution in [-0.4, -0.2) is 60.3 Å². The lowest BCUT2D eigenvalue weighted by Crippen LogP contribution is -2.48. The molecule has 0 bridgehead atoms. The van der Waals surface area contributed by atoms with Crippen molar-refractivity contribution in [1.82, 2.24) is 14.5 Å². The van der Waals surface area contributed by atoms with Gasteiger partial charge in [0.1, 0.15) is 5.82 Å². The van der Waals surface area contributed by atoms with Gasteiger partial charge in [0, 0.05) is 26.2 Å². The molecule has 0 N–H and O–H groups in total. The summed E-state index contributed by atoms with van der Waals surface area (Å²) in [5, 5.41) is 0.260. The number of anilines is 1. The molecule has 0 aliphatic carbocycles. The first kappa shape index (κ1) is 21.3. The number of hydrogen-bond acceptors (Lipinski definition) is 6. The molecule has 0 amide bonds. The zero-order chi connectivity index (χ0) is 22.1. The van der Waals surface area contributed by atoms with Gasteiger partial charge >= 0.3 is 5.97 Å². The number of halogens is 2. The Bertz CT molecular complexity index is 1210. The van der Waals surface area contributed by atoms with Crippen LogP contribution in [0.3, 0.4) is 0 Å². The summed E-state index contributed by atoms with van der Waals surface area (Å²) in [4.78, 5) is 34.5. The molecule has 0 saturated carbocycles. The molecule has 9 heteroatoms. The van der Waals surface area contributed by atoms with E-state index in [-0.39, 0.29) is 10.6 Å². The fraction of sp³-hybridized carbons (Fsp3) is 0.318. The Balaban J connectivity index is 1.92. The van der Waals surface area contributed by atoms with Crippen molar-refractivity contribution in [3.8, 4) is 5.69 Å². The number of carbonyl (C=O) groups is 1. The van der Waals surface area contributed by atoms with Crippen molar-refractivity contribution in [3.05, 3.63) is 63.2 Å². The van der Waals surface area contributed by atoms with Gasteiger partial charge < -0.3 is 14.5 Å². The van der Waals surface area contributed by atoms with Crippen molar-refractivity contribution < 1.29 is 13.9 Å². The molecule has 1 saturated heterocycles. The summed E-state index contributed by atoms with van der Waals surface area (Å²) in [5.74, 6) is -0.637. The third kappa shape index (κ3) is 4.00. The average molecular weight is 445 g/mol. The molecule has 31 heavy (non-hydrogen) atoms. The van der Waals surface area contributed by atoms with Gasteiger partial charge in [0.05, 0.1) is 34.3 Å². The second-order valence-corrected chi connectivity index (χ2v) is 7.70. The minimum absolute atomic E-state index is 0.0766. The molecule has 0 radical (unpaired) electrons. The zero-order valence-electron chi connectivity index (χ0n) is 17.3. The van der Waals surface area contributed by atoms with Gasteiger partial charge in [-0.15, -0.1) is 0 Å². The maximum atomic E-state index is 13.8. The van der Waals surface area contributed by atoms with Crippen molar-refractivity contribution >= 4 is 34.4 Å². The smallest absolute Gasteiger partial charge is 0.337 e. The molecule has 1 aromatic heterocycles. The van der Waals surface area contributed by atoms with Crippen LogP contribution in [0.5, 0.6) is 0 Å². The fourth-order valence-electron chi connectivity index (χ4n) is 3.75. The number of likely N-dealkylation sites (N-methyl/N-ethyl adjacent to an activating group) is 1. The summed E-state index contributed by atoms with van der Waals surface area (Å²) in [6.45, 7) is 6.07. The summed E-state index contributed by atoms with van der Waals surface area (Å²) in [7, 11) is 1.30. The number of fused-ring (bicyclic) bond motifs is 1. The zero-order valence-corrected chi connectivity index (χ0v) is 18.0. The Labute approximate surface area is 183 Å². The van der Waals surface area contributed by atoms with E-state index in [2.05, 4.69) is 11.8 Å². The predicted molar refractivity (Wildman–Crippen MR) is 118 cm³/mol. The lowest BCUT2D eigenvalue weighted by Gasteiger charge is -2.35. The Morgan fingerprint density at radius 2 is 1.90 bits per heavy atom. The number of nitrogens with zero attached hydrogens (tertiary/aromatic N) is 4. The van der Waals surface area contributed by atoms with Gasteiger partial charge in [-0.1, -0.05) is 18.5 Å². The van der Waals surface area contributed by atoms with Crippen LogP contribution >= 0.6 is 11.6 Å². The highest BCUT2D eigenvalue weighted by Gasteiger charge is 2.23. The number of piperazine rings is 1. The lowest BCUT2D eigenvalue weighted by molar-refractivity contribution is 0.0601. The quantitative estimate of drug-likeness (QED) is 0.576. The predicted octanol–water partition coefficient (Wildman–Crippen LogP) is 3.11. The maximum Gasteiger partial charge on any atom is 0.337 e. The number of ether oxygens (including phenoxy) is 1. The van der Waals surface area contributed by atoms with Gasteiger partial charge in [0.15, 0.2) is 0 Å². The highest BCUT2D eigenvalue weighted by atomic mass is 35.5. The molecule has 1 aliphatic heterocycles. The largest absolute Gasteiger partial charge is 0.465 e. The number of aromatic nitrogens is 2. The van der Waals surface area contributed by atoms with Gasteiger partial charge in [-0.05, 0) is 42.9 Å². The van der Waals surface area contributed by atoms with E-state index in [1.165, 1.54) is 35.9 Å². The molecule has 0 atom stereocenters. The monoisotopic (exact) mass is 444 g/mol. The minimum Gasteiger partial charge on any atom is -0.465 e. The molecule has 4 rings (SSSR count). The van der Waals surface area contributed by atoms with Gasteiger partial charge in [0.25, 0.3) is 5.56 Å². The highest BCUT2D eigenvalue weighted by Crippen LogP contribution is 2.24. The summed E-state index contributed by atoms with van der Waals surface area (Å²) in [6.07, 6.45) is 0. The van der Waals surface area contributed by atoms with Gasteiger partial charge in [-0.2, -0.15) is 0 Å². The van der Waals surface area contributed by atoms with Crippen LogP contribution in [0.25, 0.3) is 16.6 Å². The molecular weight excluding hydrogens is 423 g/mol. The van der Waals surface area contributed by atoms with Gasteiger partial charge in [-0.3, -0.25) is 4.79 Å². The SMILES string of the molecule is CCN1CCN(c2nc3cc(C(=O)OC)ccc3c(=O)n2-c2ccc(F)c(Cl)c2)CC1. The molecule has 0 spiro atoms. The summed E-state index contributed by atoms with van der Waals surface area (Å²) in [5.41, 5.74) is 0.810. The summed E-state index contributed by atoms with van der Waals surface area (Å²) in [6, 6.07) is 8.78. The normalized spacial score (nSPS) is 14.8. The van der Waals surface area contributed by atoms with E-state index in [0.29, 0.717) is 41.2 Å². The van der Waals surface area contributed by atoms with Crippen LogP contribution < -0.4 is 10.5 Å². The van der Waals surface area contributed by atoms with Crippen LogP contribution in [0.15, 0.2) is 41.2 Å². The van der Waals surface area contributed by atoms with Crippen molar-refractivity contribution in [2.45, 2.75) is 6.92 Å².